The van der Waals surface area contributed by atoms with Crippen LogP contribution < -0.4 is 27.2 Å². The molecule has 4 N–H and O–H groups in total. The Morgan fingerprint density at radius 3 is 2.14 bits per heavy atom. The van der Waals surface area contributed by atoms with Crippen molar-refractivity contribution in [1.82, 2.24) is 14.1 Å². The number of hydrogen-bond acceptors (Lipinski definition) is 7. The van der Waals surface area contributed by atoms with Gasteiger partial charge < -0.3 is 20.9 Å². The first-order chi connectivity index (χ1) is 17.3. The summed E-state index contributed by atoms with van der Waals surface area (Å²) in [4.78, 5) is 40.7. The van der Waals surface area contributed by atoms with Gasteiger partial charge in [0.1, 0.15) is 11.5 Å². The maximum atomic E-state index is 13.0. The van der Waals surface area contributed by atoms with Gasteiger partial charge in [-0.2, -0.15) is 4.98 Å². The van der Waals surface area contributed by atoms with Crippen LogP contribution in [-0.2, 0) is 13.1 Å². The molecule has 4 rings (SSSR count). The Balaban J connectivity index is 1.59. The molecule has 0 atom stereocenters. The van der Waals surface area contributed by atoms with Crippen molar-refractivity contribution in [2.24, 2.45) is 5.73 Å². The number of primary amides is 1. The first-order valence-electron chi connectivity index (χ1n) is 10.9. The van der Waals surface area contributed by atoms with E-state index in [1.54, 1.807) is 72.8 Å². The largest absolute Gasteiger partial charge is 0.457 e. The average Bonchev–Trinajstić information content (AvgIpc) is 2.87. The van der Waals surface area contributed by atoms with E-state index < -0.39 is 17.3 Å². The van der Waals surface area contributed by atoms with Crippen LogP contribution in [0.4, 0.5) is 11.6 Å². The summed E-state index contributed by atoms with van der Waals surface area (Å²) < 4.78 is 7.96. The van der Waals surface area contributed by atoms with Crippen LogP contribution in [0.25, 0.3) is 0 Å². The number of nitrogens with two attached hydrogens (primary N) is 1. The number of amides is 1. The third-order valence-electron chi connectivity index (χ3n) is 5.21. The second-order valence-electron chi connectivity index (χ2n) is 7.73. The monoisotopic (exact) mass is 507 g/mol. The molecule has 184 valence electrons. The average molecular weight is 508 g/mol. The van der Waals surface area contributed by atoms with Gasteiger partial charge in [-0.1, -0.05) is 23.7 Å². The number of nitrogens with one attached hydrogen (secondary N) is 1. The van der Waals surface area contributed by atoms with Crippen molar-refractivity contribution in [3.8, 4) is 11.5 Å². The molecule has 0 bridgehead atoms. The molecule has 3 aromatic carbocycles. The molecule has 0 radical (unpaired) electrons. The smallest absolute Gasteiger partial charge is 0.355 e. The molecule has 0 aliphatic heterocycles. The predicted octanol–water partition coefficient (Wildman–Crippen LogP) is 2.73. The van der Waals surface area contributed by atoms with Crippen LogP contribution >= 0.6 is 11.6 Å². The summed E-state index contributed by atoms with van der Waals surface area (Å²) in [6.07, 6.45) is 0. The maximum Gasteiger partial charge on any atom is 0.355 e. The highest BCUT2D eigenvalue weighted by Crippen LogP contribution is 2.24. The molecule has 0 aliphatic carbocycles. The van der Waals surface area contributed by atoms with E-state index in [9.17, 15) is 19.5 Å². The lowest BCUT2D eigenvalue weighted by atomic mass is 10.2. The molecular weight excluding hydrogens is 486 g/mol. The standard InChI is InChI=1S/C25H22ClN5O5/c26-18-5-1-16(2-6-18)15-31-23(29-24(34)30(13-14-32)25(31)35)28-19-7-11-21(12-8-19)36-20-9-3-17(4-10-20)22(27)33/h1-12,32H,13-15H2,(H2,27,33)(H,28,29,34). The van der Waals surface area contributed by atoms with Crippen LogP contribution in [-0.4, -0.2) is 31.7 Å². The SMILES string of the molecule is NC(=O)c1ccc(Oc2ccc(Nc3nc(=O)n(CCO)c(=O)n3Cc3ccc(Cl)cc3)cc2)cc1. The summed E-state index contributed by atoms with van der Waals surface area (Å²) in [5, 5.41) is 12.8. The number of aromatic nitrogens is 3. The molecule has 36 heavy (non-hydrogen) atoms. The van der Waals surface area contributed by atoms with Crippen LogP contribution in [0.2, 0.25) is 5.02 Å². The van der Waals surface area contributed by atoms with Gasteiger partial charge in [0.05, 0.1) is 19.7 Å². The van der Waals surface area contributed by atoms with Gasteiger partial charge in [0.2, 0.25) is 11.9 Å². The zero-order valence-corrected chi connectivity index (χ0v) is 19.7. The van der Waals surface area contributed by atoms with Gasteiger partial charge in [0.25, 0.3) is 0 Å². The number of rotatable bonds is 9. The molecule has 0 aliphatic rings. The highest BCUT2D eigenvalue weighted by Gasteiger charge is 2.14. The second-order valence-corrected chi connectivity index (χ2v) is 8.16. The molecule has 0 fully saturated rings. The number of carbonyl (C=O) groups is 1. The highest BCUT2D eigenvalue weighted by atomic mass is 35.5. The van der Waals surface area contributed by atoms with Gasteiger partial charge in [0.15, 0.2) is 0 Å². The maximum absolute atomic E-state index is 13.0. The molecule has 0 unspecified atom stereocenters. The fourth-order valence-electron chi connectivity index (χ4n) is 3.39. The third-order valence-corrected chi connectivity index (χ3v) is 5.46. The number of aliphatic hydroxyl groups is 1. The summed E-state index contributed by atoms with van der Waals surface area (Å²) in [5.74, 6) is 0.568. The Kier molecular flexibility index (Phi) is 7.47. The van der Waals surface area contributed by atoms with Crippen molar-refractivity contribution >= 4 is 29.1 Å². The zero-order chi connectivity index (χ0) is 25.7. The lowest BCUT2D eigenvalue weighted by molar-refractivity contribution is 0.100. The summed E-state index contributed by atoms with van der Waals surface area (Å²) in [5.41, 5.74) is 5.57. The van der Waals surface area contributed by atoms with E-state index in [-0.39, 0.29) is 25.6 Å². The van der Waals surface area contributed by atoms with E-state index in [0.717, 1.165) is 10.1 Å². The van der Waals surface area contributed by atoms with Crippen LogP contribution in [0.15, 0.2) is 82.4 Å². The minimum absolute atomic E-state index is 0.0462. The van der Waals surface area contributed by atoms with Crippen molar-refractivity contribution in [3.05, 3.63) is 110 Å². The van der Waals surface area contributed by atoms with Crippen molar-refractivity contribution in [1.29, 1.82) is 0 Å². The van der Waals surface area contributed by atoms with Gasteiger partial charge in [-0.05, 0) is 66.2 Å². The van der Waals surface area contributed by atoms with E-state index in [4.69, 9.17) is 22.1 Å². The topological polar surface area (TPSA) is 141 Å². The molecule has 0 saturated carbocycles. The summed E-state index contributed by atoms with van der Waals surface area (Å²) >= 11 is 5.96. The minimum Gasteiger partial charge on any atom is -0.457 e. The number of benzene rings is 3. The van der Waals surface area contributed by atoms with Gasteiger partial charge in [0, 0.05) is 16.3 Å². The van der Waals surface area contributed by atoms with Crippen LogP contribution in [0.1, 0.15) is 15.9 Å². The molecule has 1 amide bonds. The van der Waals surface area contributed by atoms with Crippen molar-refractivity contribution in [2.75, 3.05) is 11.9 Å². The van der Waals surface area contributed by atoms with Gasteiger partial charge in [-0.25, -0.2) is 14.2 Å². The first-order valence-corrected chi connectivity index (χ1v) is 11.2. The lowest BCUT2D eigenvalue weighted by Gasteiger charge is -2.15. The third kappa shape index (κ3) is 5.80. The minimum atomic E-state index is -0.775. The predicted molar refractivity (Wildman–Crippen MR) is 135 cm³/mol. The van der Waals surface area contributed by atoms with E-state index >= 15 is 0 Å². The van der Waals surface area contributed by atoms with E-state index in [0.29, 0.717) is 27.8 Å². The molecular formula is C25H22ClN5O5. The van der Waals surface area contributed by atoms with Crippen molar-refractivity contribution in [3.63, 3.8) is 0 Å². The summed E-state index contributed by atoms with van der Waals surface area (Å²) in [6, 6.07) is 20.1. The molecule has 4 aromatic rings. The number of halogens is 1. The number of anilines is 2. The fraction of sp³-hybridized carbons (Fsp3) is 0.120. The Morgan fingerprint density at radius 1 is 0.944 bits per heavy atom. The summed E-state index contributed by atoms with van der Waals surface area (Å²) in [7, 11) is 0. The molecule has 11 heteroatoms. The van der Waals surface area contributed by atoms with Gasteiger partial charge >= 0.3 is 11.4 Å². The molecule has 1 aromatic heterocycles. The lowest BCUT2D eigenvalue weighted by Crippen LogP contribution is -2.43. The normalized spacial score (nSPS) is 10.7. The number of hydrogen-bond donors (Lipinski definition) is 3. The zero-order valence-electron chi connectivity index (χ0n) is 18.9. The molecule has 0 saturated heterocycles. The molecule has 0 spiro atoms. The number of carbonyl (C=O) groups excluding carboxylic acids is 1. The Labute approximate surface area is 210 Å². The van der Waals surface area contributed by atoms with E-state index in [1.807, 2.05) is 0 Å². The van der Waals surface area contributed by atoms with Crippen LogP contribution in [0, 0.1) is 0 Å². The second kappa shape index (κ2) is 10.9. The van der Waals surface area contributed by atoms with Gasteiger partial charge in [-0.3, -0.25) is 9.36 Å². The molecule has 10 nitrogen and oxygen atoms in total. The fourth-order valence-corrected chi connectivity index (χ4v) is 3.52. The quantitative estimate of drug-likeness (QED) is 0.316. The number of nitrogens with zero attached hydrogens (tertiary/aromatic N) is 3. The van der Waals surface area contributed by atoms with Crippen LogP contribution in [0.5, 0.6) is 11.5 Å². The van der Waals surface area contributed by atoms with Crippen molar-refractivity contribution in [2.45, 2.75) is 13.1 Å². The van der Waals surface area contributed by atoms with Crippen molar-refractivity contribution < 1.29 is 14.6 Å². The van der Waals surface area contributed by atoms with E-state index in [1.165, 1.54) is 4.57 Å². The van der Waals surface area contributed by atoms with E-state index in [2.05, 4.69) is 10.3 Å². The molecule has 1 heterocycles. The summed E-state index contributed by atoms with van der Waals surface area (Å²) in [6.45, 7) is -0.422. The Morgan fingerprint density at radius 2 is 1.56 bits per heavy atom. The highest BCUT2D eigenvalue weighted by molar-refractivity contribution is 6.30. The van der Waals surface area contributed by atoms with Gasteiger partial charge in [-0.15, -0.1) is 0 Å². The van der Waals surface area contributed by atoms with Crippen LogP contribution in [0.3, 0.4) is 0 Å². The number of ether oxygens (including phenoxy) is 1. The Bertz CT molecular complexity index is 1480. The number of aliphatic hydroxyl groups excluding tert-OH is 1. The first kappa shape index (κ1) is 24.7. The Hall–Kier alpha value is -4.41.